The standard InChI is InChI=1S/C27H30N4O4/c1-3-28(4-2)19-20-29(27(33)22-15-17-25(18-16-22)31(34)35)21-26(32)30(23-11-7-5-8-12-23)24-13-9-6-10-14-24/h5-18H,3-4,19-21H2,1-2H3. The Morgan fingerprint density at radius 1 is 0.771 bits per heavy atom. The molecular formula is C27H30N4O4. The first-order chi connectivity index (χ1) is 16.9. The van der Waals surface area contributed by atoms with E-state index in [1.165, 1.54) is 29.2 Å². The third-order valence-electron chi connectivity index (χ3n) is 5.80. The van der Waals surface area contributed by atoms with Crippen molar-refractivity contribution in [1.29, 1.82) is 0 Å². The van der Waals surface area contributed by atoms with E-state index in [1.807, 2.05) is 74.5 Å². The Morgan fingerprint density at radius 3 is 1.74 bits per heavy atom. The molecule has 3 rings (SSSR count). The van der Waals surface area contributed by atoms with E-state index in [1.54, 1.807) is 4.90 Å². The molecule has 0 aliphatic rings. The summed E-state index contributed by atoms with van der Waals surface area (Å²) in [7, 11) is 0. The van der Waals surface area contributed by atoms with E-state index in [9.17, 15) is 19.7 Å². The molecule has 0 saturated carbocycles. The molecule has 0 saturated heterocycles. The number of anilines is 2. The van der Waals surface area contributed by atoms with Gasteiger partial charge in [0.1, 0.15) is 6.54 Å². The van der Waals surface area contributed by atoms with Gasteiger partial charge in [-0.3, -0.25) is 24.6 Å². The minimum absolute atomic E-state index is 0.0911. The first kappa shape index (κ1) is 25.6. The summed E-state index contributed by atoms with van der Waals surface area (Å²) < 4.78 is 0. The zero-order valence-electron chi connectivity index (χ0n) is 20.0. The van der Waals surface area contributed by atoms with E-state index in [2.05, 4.69) is 4.90 Å². The van der Waals surface area contributed by atoms with Crippen LogP contribution in [0, 0.1) is 10.1 Å². The molecule has 182 valence electrons. The molecule has 0 bridgehead atoms. The Kier molecular flexibility index (Phi) is 9.09. The summed E-state index contributed by atoms with van der Waals surface area (Å²) in [6, 6.07) is 24.1. The van der Waals surface area contributed by atoms with Crippen molar-refractivity contribution >= 4 is 28.9 Å². The Labute approximate surface area is 205 Å². The van der Waals surface area contributed by atoms with Gasteiger partial charge >= 0.3 is 0 Å². The molecule has 0 atom stereocenters. The van der Waals surface area contributed by atoms with E-state index < -0.39 is 4.92 Å². The van der Waals surface area contributed by atoms with Crippen molar-refractivity contribution < 1.29 is 14.5 Å². The molecule has 3 aromatic rings. The SMILES string of the molecule is CCN(CC)CCN(CC(=O)N(c1ccccc1)c1ccccc1)C(=O)c1ccc([N+](=O)[O-])cc1. The molecule has 0 spiro atoms. The summed E-state index contributed by atoms with van der Waals surface area (Å²) in [4.78, 5) is 42.8. The Hall–Kier alpha value is -4.04. The molecule has 0 heterocycles. The molecule has 0 aliphatic heterocycles. The number of carbonyl (C=O) groups is 2. The van der Waals surface area contributed by atoms with Crippen LogP contribution in [-0.4, -0.2) is 59.3 Å². The van der Waals surface area contributed by atoms with Crippen LogP contribution in [0.1, 0.15) is 24.2 Å². The quantitative estimate of drug-likeness (QED) is 0.296. The van der Waals surface area contributed by atoms with Gasteiger partial charge in [0.15, 0.2) is 0 Å². The van der Waals surface area contributed by atoms with Crippen molar-refractivity contribution in [3.05, 3.63) is 101 Å². The third-order valence-corrected chi connectivity index (χ3v) is 5.80. The Bertz CT molecular complexity index is 1080. The van der Waals surface area contributed by atoms with Gasteiger partial charge in [-0.15, -0.1) is 0 Å². The predicted octanol–water partition coefficient (Wildman–Crippen LogP) is 4.74. The minimum Gasteiger partial charge on any atom is -0.328 e. The number of likely N-dealkylation sites (N-methyl/N-ethyl adjacent to an activating group) is 1. The van der Waals surface area contributed by atoms with Crippen LogP contribution in [0.4, 0.5) is 17.1 Å². The molecule has 0 aliphatic carbocycles. The summed E-state index contributed by atoms with van der Waals surface area (Å²) in [5.41, 5.74) is 1.62. The Morgan fingerprint density at radius 2 is 1.29 bits per heavy atom. The van der Waals surface area contributed by atoms with E-state index in [-0.39, 0.29) is 24.0 Å². The zero-order chi connectivity index (χ0) is 25.2. The number of benzene rings is 3. The number of nitrogens with zero attached hydrogens (tertiary/aromatic N) is 4. The number of para-hydroxylation sites is 2. The molecular weight excluding hydrogens is 444 g/mol. The second-order valence-electron chi connectivity index (χ2n) is 7.96. The second-order valence-corrected chi connectivity index (χ2v) is 7.96. The predicted molar refractivity (Wildman–Crippen MR) is 137 cm³/mol. The van der Waals surface area contributed by atoms with E-state index in [0.717, 1.165) is 13.1 Å². The van der Waals surface area contributed by atoms with Gasteiger partial charge in [0, 0.05) is 42.2 Å². The number of rotatable bonds is 11. The average Bonchev–Trinajstić information content (AvgIpc) is 2.89. The van der Waals surface area contributed by atoms with Crippen LogP contribution < -0.4 is 4.90 Å². The van der Waals surface area contributed by atoms with Gasteiger partial charge < -0.3 is 9.80 Å². The second kappa shape index (κ2) is 12.4. The lowest BCUT2D eigenvalue weighted by Crippen LogP contribution is -2.44. The van der Waals surface area contributed by atoms with Crippen molar-refractivity contribution in [2.75, 3.05) is 37.6 Å². The van der Waals surface area contributed by atoms with Crippen molar-refractivity contribution in [2.45, 2.75) is 13.8 Å². The van der Waals surface area contributed by atoms with E-state index >= 15 is 0 Å². The van der Waals surface area contributed by atoms with Crippen molar-refractivity contribution in [2.24, 2.45) is 0 Å². The summed E-state index contributed by atoms with van der Waals surface area (Å²) in [6.45, 7) is 6.55. The summed E-state index contributed by atoms with van der Waals surface area (Å²) in [6.07, 6.45) is 0. The third kappa shape index (κ3) is 6.74. The van der Waals surface area contributed by atoms with Gasteiger partial charge in [0.25, 0.3) is 17.5 Å². The highest BCUT2D eigenvalue weighted by Gasteiger charge is 2.25. The first-order valence-electron chi connectivity index (χ1n) is 11.6. The van der Waals surface area contributed by atoms with Gasteiger partial charge in [-0.2, -0.15) is 0 Å². The molecule has 2 amide bonds. The molecule has 0 aromatic heterocycles. The van der Waals surface area contributed by atoms with Crippen molar-refractivity contribution in [3.63, 3.8) is 0 Å². The van der Waals surface area contributed by atoms with E-state index in [4.69, 9.17) is 0 Å². The molecule has 0 unspecified atom stereocenters. The van der Waals surface area contributed by atoms with Gasteiger partial charge in [-0.05, 0) is 49.5 Å². The van der Waals surface area contributed by atoms with Crippen LogP contribution >= 0.6 is 0 Å². The maximum atomic E-state index is 13.6. The van der Waals surface area contributed by atoms with Crippen LogP contribution in [0.15, 0.2) is 84.9 Å². The summed E-state index contributed by atoms with van der Waals surface area (Å²) in [5.74, 6) is -0.598. The van der Waals surface area contributed by atoms with Crippen LogP contribution in [0.25, 0.3) is 0 Å². The molecule has 8 nitrogen and oxygen atoms in total. The number of non-ortho nitro benzene ring substituents is 1. The van der Waals surface area contributed by atoms with Gasteiger partial charge in [0.05, 0.1) is 4.92 Å². The molecule has 0 fully saturated rings. The van der Waals surface area contributed by atoms with E-state index in [0.29, 0.717) is 30.0 Å². The van der Waals surface area contributed by atoms with Crippen LogP contribution in [-0.2, 0) is 4.79 Å². The van der Waals surface area contributed by atoms with Gasteiger partial charge in [0.2, 0.25) is 0 Å². The minimum atomic E-state index is -0.506. The lowest BCUT2D eigenvalue weighted by molar-refractivity contribution is -0.384. The van der Waals surface area contributed by atoms with Crippen LogP contribution in [0.2, 0.25) is 0 Å². The lowest BCUT2D eigenvalue weighted by atomic mass is 10.1. The molecule has 0 N–H and O–H groups in total. The fourth-order valence-corrected chi connectivity index (χ4v) is 3.79. The van der Waals surface area contributed by atoms with Crippen molar-refractivity contribution in [3.8, 4) is 0 Å². The van der Waals surface area contributed by atoms with Crippen molar-refractivity contribution in [1.82, 2.24) is 9.80 Å². The number of hydrogen-bond acceptors (Lipinski definition) is 5. The van der Waals surface area contributed by atoms with Crippen LogP contribution in [0.3, 0.4) is 0 Å². The normalized spacial score (nSPS) is 10.7. The smallest absolute Gasteiger partial charge is 0.269 e. The first-order valence-corrected chi connectivity index (χ1v) is 11.6. The molecule has 3 aromatic carbocycles. The fraction of sp³-hybridized carbons (Fsp3) is 0.259. The average molecular weight is 475 g/mol. The summed E-state index contributed by atoms with van der Waals surface area (Å²) in [5, 5.41) is 11.0. The number of hydrogen-bond donors (Lipinski definition) is 0. The maximum Gasteiger partial charge on any atom is 0.269 e. The monoisotopic (exact) mass is 474 g/mol. The molecule has 0 radical (unpaired) electrons. The number of nitro benzene ring substituents is 1. The topological polar surface area (TPSA) is 87.0 Å². The van der Waals surface area contributed by atoms with Gasteiger partial charge in [-0.25, -0.2) is 0 Å². The number of nitro groups is 1. The largest absolute Gasteiger partial charge is 0.328 e. The maximum absolute atomic E-state index is 13.6. The zero-order valence-corrected chi connectivity index (χ0v) is 20.0. The Balaban J connectivity index is 1.90. The van der Waals surface area contributed by atoms with Gasteiger partial charge in [-0.1, -0.05) is 50.2 Å². The highest BCUT2D eigenvalue weighted by atomic mass is 16.6. The number of carbonyl (C=O) groups excluding carboxylic acids is 2. The van der Waals surface area contributed by atoms with Crippen LogP contribution in [0.5, 0.6) is 0 Å². The fourth-order valence-electron chi connectivity index (χ4n) is 3.79. The lowest BCUT2D eigenvalue weighted by Gasteiger charge is -2.29. The number of amides is 2. The highest BCUT2D eigenvalue weighted by molar-refractivity contribution is 6.04. The highest BCUT2D eigenvalue weighted by Crippen LogP contribution is 2.25. The summed E-state index contributed by atoms with van der Waals surface area (Å²) >= 11 is 0. The molecule has 35 heavy (non-hydrogen) atoms. The molecule has 8 heteroatoms.